The number of alkyl halides is 2. The van der Waals surface area contributed by atoms with Gasteiger partial charge in [0.2, 0.25) is 0 Å². The Morgan fingerprint density at radius 1 is 1.50 bits per heavy atom. The van der Waals surface area contributed by atoms with Crippen molar-refractivity contribution >= 4 is 11.3 Å². The Bertz CT molecular complexity index is 281. The van der Waals surface area contributed by atoms with Gasteiger partial charge in [-0.25, -0.2) is 0 Å². The van der Waals surface area contributed by atoms with Gasteiger partial charge in [-0.05, 0) is 19.9 Å². The molecule has 0 aliphatic heterocycles. The van der Waals surface area contributed by atoms with Gasteiger partial charge in [0.05, 0.1) is 6.54 Å². The zero-order valence-electron chi connectivity index (χ0n) is 7.03. The lowest BCUT2D eigenvalue weighted by atomic mass is 10.1. The lowest BCUT2D eigenvalue weighted by Gasteiger charge is -2.12. The van der Waals surface area contributed by atoms with Crippen LogP contribution >= 0.6 is 11.3 Å². The van der Waals surface area contributed by atoms with E-state index in [4.69, 9.17) is 5.73 Å². The van der Waals surface area contributed by atoms with Gasteiger partial charge in [-0.1, -0.05) is 0 Å². The minimum Gasteiger partial charge on any atom is -0.325 e. The summed E-state index contributed by atoms with van der Waals surface area (Å²) in [5, 5.41) is 0. The van der Waals surface area contributed by atoms with Crippen LogP contribution in [0.5, 0.6) is 0 Å². The zero-order valence-corrected chi connectivity index (χ0v) is 7.84. The third kappa shape index (κ3) is 1.64. The van der Waals surface area contributed by atoms with Crippen molar-refractivity contribution in [3.05, 3.63) is 21.4 Å². The van der Waals surface area contributed by atoms with Crippen LogP contribution in [0.15, 0.2) is 6.07 Å². The van der Waals surface area contributed by atoms with Gasteiger partial charge < -0.3 is 5.73 Å². The summed E-state index contributed by atoms with van der Waals surface area (Å²) in [6, 6.07) is 1.51. The van der Waals surface area contributed by atoms with Gasteiger partial charge in [-0.3, -0.25) is 0 Å². The Morgan fingerprint density at radius 2 is 2.08 bits per heavy atom. The maximum absolute atomic E-state index is 13.0. The summed E-state index contributed by atoms with van der Waals surface area (Å²) < 4.78 is 26.1. The lowest BCUT2D eigenvalue weighted by molar-refractivity contribution is 0.00580. The highest BCUT2D eigenvalue weighted by atomic mass is 32.1. The second kappa shape index (κ2) is 3.11. The summed E-state index contributed by atoms with van der Waals surface area (Å²) in [4.78, 5) is 1.55. The number of nitrogens with two attached hydrogens (primary N) is 1. The number of halogens is 2. The maximum Gasteiger partial charge on any atom is 0.286 e. The molecule has 0 fully saturated rings. The molecule has 0 atom stereocenters. The van der Waals surface area contributed by atoms with Crippen molar-refractivity contribution in [3.63, 3.8) is 0 Å². The molecule has 0 saturated heterocycles. The molecular formula is C8H11F2NS. The van der Waals surface area contributed by atoms with Crippen molar-refractivity contribution in [1.29, 1.82) is 0 Å². The second-order valence-corrected chi connectivity index (χ2v) is 4.20. The van der Waals surface area contributed by atoms with Gasteiger partial charge in [0.25, 0.3) is 5.92 Å². The van der Waals surface area contributed by atoms with E-state index < -0.39 is 12.5 Å². The molecule has 0 aromatic carbocycles. The van der Waals surface area contributed by atoms with Crippen LogP contribution in [0.3, 0.4) is 0 Å². The Morgan fingerprint density at radius 3 is 2.42 bits per heavy atom. The normalized spacial score (nSPS) is 12.1. The molecule has 0 radical (unpaired) electrons. The average molecular weight is 191 g/mol. The molecule has 1 rings (SSSR count). The van der Waals surface area contributed by atoms with E-state index in [9.17, 15) is 8.78 Å². The van der Waals surface area contributed by atoms with Gasteiger partial charge in [0.1, 0.15) is 0 Å². The molecule has 2 N–H and O–H groups in total. The third-order valence-corrected chi connectivity index (χ3v) is 2.66. The van der Waals surface area contributed by atoms with Gasteiger partial charge in [-0.15, -0.1) is 11.3 Å². The molecule has 0 aliphatic carbocycles. The van der Waals surface area contributed by atoms with E-state index in [1.165, 1.54) is 17.4 Å². The summed E-state index contributed by atoms with van der Waals surface area (Å²) in [5.74, 6) is -2.87. The van der Waals surface area contributed by atoms with Gasteiger partial charge >= 0.3 is 0 Å². The Kier molecular flexibility index (Phi) is 2.49. The highest BCUT2D eigenvalue weighted by Gasteiger charge is 2.32. The average Bonchev–Trinajstić information content (AvgIpc) is 2.31. The zero-order chi connectivity index (χ0) is 9.35. The quantitative estimate of drug-likeness (QED) is 0.763. The molecule has 1 aromatic rings. The van der Waals surface area contributed by atoms with Crippen molar-refractivity contribution in [2.45, 2.75) is 19.8 Å². The summed E-state index contributed by atoms with van der Waals surface area (Å²) in [6.07, 6.45) is 0. The van der Waals surface area contributed by atoms with Crippen LogP contribution in [-0.2, 0) is 5.92 Å². The van der Waals surface area contributed by atoms with E-state index in [1.807, 2.05) is 6.92 Å². The second-order valence-electron chi connectivity index (χ2n) is 2.74. The van der Waals surface area contributed by atoms with Crippen LogP contribution in [0.1, 0.15) is 15.3 Å². The molecule has 1 aromatic heterocycles. The Hall–Kier alpha value is -0.480. The molecule has 0 aliphatic rings. The molecule has 1 nitrogen and oxygen atoms in total. The summed E-state index contributed by atoms with van der Waals surface area (Å²) in [6.45, 7) is 2.88. The molecule has 12 heavy (non-hydrogen) atoms. The van der Waals surface area contributed by atoms with Crippen LogP contribution in [0.2, 0.25) is 0 Å². The highest BCUT2D eigenvalue weighted by molar-refractivity contribution is 7.12. The number of rotatable bonds is 2. The minimum atomic E-state index is -2.87. The van der Waals surface area contributed by atoms with Crippen molar-refractivity contribution in [2.75, 3.05) is 6.54 Å². The fourth-order valence-electron chi connectivity index (χ4n) is 1.10. The first-order valence-corrected chi connectivity index (χ1v) is 4.44. The molecule has 1 heterocycles. The molecule has 0 bridgehead atoms. The van der Waals surface area contributed by atoms with Gasteiger partial charge in [-0.2, -0.15) is 8.78 Å². The monoisotopic (exact) mass is 191 g/mol. The molecule has 0 saturated carbocycles. The molecule has 4 heteroatoms. The van der Waals surface area contributed by atoms with E-state index in [0.29, 0.717) is 4.88 Å². The Labute approximate surface area is 74.2 Å². The van der Waals surface area contributed by atoms with Crippen molar-refractivity contribution < 1.29 is 8.78 Å². The first-order chi connectivity index (χ1) is 5.47. The molecule has 0 amide bonds. The maximum atomic E-state index is 13.0. The topological polar surface area (TPSA) is 26.0 Å². The van der Waals surface area contributed by atoms with E-state index in [1.54, 1.807) is 6.92 Å². The largest absolute Gasteiger partial charge is 0.325 e. The number of thiophene rings is 1. The number of hydrogen-bond acceptors (Lipinski definition) is 2. The Balaban J connectivity index is 3.09. The van der Waals surface area contributed by atoms with E-state index in [0.717, 1.165) is 4.88 Å². The van der Waals surface area contributed by atoms with E-state index >= 15 is 0 Å². The van der Waals surface area contributed by atoms with E-state index in [2.05, 4.69) is 0 Å². The standard InChI is InChI=1S/C8H11F2NS/c1-5-3-7(6(2)12-5)8(9,10)4-11/h3H,4,11H2,1-2H3. The van der Waals surface area contributed by atoms with Crippen LogP contribution in [0, 0.1) is 13.8 Å². The molecular weight excluding hydrogens is 180 g/mol. The minimum absolute atomic E-state index is 0.0764. The fraction of sp³-hybridized carbons (Fsp3) is 0.500. The van der Waals surface area contributed by atoms with Crippen LogP contribution in [-0.4, -0.2) is 6.54 Å². The fourth-order valence-corrected chi connectivity index (χ4v) is 2.08. The van der Waals surface area contributed by atoms with Crippen LogP contribution in [0.4, 0.5) is 8.78 Å². The summed E-state index contributed by atoms with van der Waals surface area (Å²) in [5.41, 5.74) is 5.05. The van der Waals surface area contributed by atoms with Gasteiger partial charge in [0, 0.05) is 15.3 Å². The van der Waals surface area contributed by atoms with Crippen LogP contribution in [0.25, 0.3) is 0 Å². The molecule has 0 spiro atoms. The first-order valence-electron chi connectivity index (χ1n) is 3.63. The molecule has 0 unspecified atom stereocenters. The molecule has 68 valence electrons. The number of hydrogen-bond donors (Lipinski definition) is 1. The smallest absolute Gasteiger partial charge is 0.286 e. The van der Waals surface area contributed by atoms with Crippen molar-refractivity contribution in [3.8, 4) is 0 Å². The van der Waals surface area contributed by atoms with E-state index in [-0.39, 0.29) is 5.56 Å². The number of aryl methyl sites for hydroxylation is 2. The summed E-state index contributed by atoms with van der Waals surface area (Å²) in [7, 11) is 0. The van der Waals surface area contributed by atoms with Crippen molar-refractivity contribution in [1.82, 2.24) is 0 Å². The van der Waals surface area contributed by atoms with Crippen LogP contribution < -0.4 is 5.73 Å². The highest BCUT2D eigenvalue weighted by Crippen LogP contribution is 2.33. The lowest BCUT2D eigenvalue weighted by Crippen LogP contribution is -2.25. The predicted octanol–water partition coefficient (Wildman–Crippen LogP) is 2.42. The predicted molar refractivity (Wildman–Crippen MR) is 46.7 cm³/mol. The summed E-state index contributed by atoms with van der Waals surface area (Å²) >= 11 is 1.38. The van der Waals surface area contributed by atoms with Crippen molar-refractivity contribution in [2.24, 2.45) is 5.73 Å². The SMILES string of the molecule is Cc1cc(C(F)(F)CN)c(C)s1. The third-order valence-electron chi connectivity index (χ3n) is 1.69. The first kappa shape index (κ1) is 9.61. The van der Waals surface area contributed by atoms with Gasteiger partial charge in [0.15, 0.2) is 0 Å².